The zero-order chi connectivity index (χ0) is 33.9. The molecular weight excluding hydrogens is 664 g/mol. The maximum Gasteiger partial charge on any atom is 0.173 e. The maximum absolute atomic E-state index is 13.1. The van der Waals surface area contributed by atoms with Crippen LogP contribution in [0.5, 0.6) is 23.0 Å². The van der Waals surface area contributed by atoms with Gasteiger partial charge in [-0.05, 0) is 108 Å². The number of nitrogens with zero attached hydrogens (tertiary/aromatic N) is 2. The number of hydrogen-bond acceptors (Lipinski definition) is 8. The second-order valence-corrected chi connectivity index (χ2v) is 15.0. The SMILES string of the molecule is CCC1CN2CCc3cc(OC)c(OC)cc3C2CC1CC1c2cc(OC)c(OC)cc2CCN1C(=S)SCC(=O)c1ccc(Cl)cc1. The molecule has 7 nitrogen and oxygen atoms in total. The minimum Gasteiger partial charge on any atom is -0.493 e. The van der Waals surface area contributed by atoms with Gasteiger partial charge >= 0.3 is 0 Å². The van der Waals surface area contributed by atoms with E-state index in [0.717, 1.165) is 79.1 Å². The van der Waals surface area contributed by atoms with Gasteiger partial charge in [-0.15, -0.1) is 0 Å². The van der Waals surface area contributed by atoms with Crippen LogP contribution in [0.4, 0.5) is 0 Å². The average molecular weight is 709 g/mol. The van der Waals surface area contributed by atoms with E-state index < -0.39 is 0 Å². The molecule has 10 heteroatoms. The summed E-state index contributed by atoms with van der Waals surface area (Å²) >= 11 is 13.6. The van der Waals surface area contributed by atoms with Gasteiger partial charge in [0.05, 0.1) is 40.2 Å². The molecular formula is C38H45ClN2O5S2. The van der Waals surface area contributed by atoms with Crippen molar-refractivity contribution in [3.8, 4) is 23.0 Å². The second-order valence-electron chi connectivity index (χ2n) is 12.9. The van der Waals surface area contributed by atoms with E-state index in [1.54, 1.807) is 52.7 Å². The molecule has 0 aromatic heterocycles. The van der Waals surface area contributed by atoms with Crippen molar-refractivity contribution in [2.45, 2.75) is 51.1 Å². The fraction of sp³-hybridized carbons (Fsp3) is 0.474. The lowest BCUT2D eigenvalue weighted by Gasteiger charge is -2.49. The maximum atomic E-state index is 13.1. The Kier molecular flexibility index (Phi) is 11.1. The summed E-state index contributed by atoms with van der Waals surface area (Å²) in [4.78, 5) is 18.2. The molecule has 0 bridgehead atoms. The monoisotopic (exact) mass is 708 g/mol. The smallest absolute Gasteiger partial charge is 0.173 e. The van der Waals surface area contributed by atoms with Crippen molar-refractivity contribution in [1.82, 2.24) is 9.80 Å². The molecule has 256 valence electrons. The van der Waals surface area contributed by atoms with Crippen LogP contribution in [-0.2, 0) is 12.8 Å². The molecule has 1 fully saturated rings. The van der Waals surface area contributed by atoms with Crippen LogP contribution in [-0.4, -0.2) is 73.7 Å². The van der Waals surface area contributed by atoms with Crippen molar-refractivity contribution < 1.29 is 23.7 Å². The lowest BCUT2D eigenvalue weighted by molar-refractivity contribution is 0.0381. The van der Waals surface area contributed by atoms with E-state index in [4.69, 9.17) is 42.8 Å². The van der Waals surface area contributed by atoms with Crippen molar-refractivity contribution in [3.63, 3.8) is 0 Å². The van der Waals surface area contributed by atoms with Gasteiger partial charge in [0.2, 0.25) is 0 Å². The molecule has 3 aliphatic heterocycles. The molecule has 3 aromatic rings. The van der Waals surface area contributed by atoms with Crippen LogP contribution >= 0.6 is 35.6 Å². The molecule has 4 unspecified atom stereocenters. The lowest BCUT2D eigenvalue weighted by atomic mass is 9.72. The standard InChI is InChI=1S/C38H45ClN2O5S2/c1-6-23-21-40-13-11-25-17-34(43-2)36(45-4)19-29(25)31(40)15-27(23)16-32-30-20-37(46-5)35(44-3)18-26(30)12-14-41(32)38(47)48-22-33(42)24-7-9-28(39)10-8-24/h7-10,17-20,23,27,31-32H,6,11-16,21-22H2,1-5H3. The van der Waals surface area contributed by atoms with Crippen LogP contribution in [0.25, 0.3) is 0 Å². The molecule has 6 rings (SSSR count). The number of rotatable bonds is 10. The largest absolute Gasteiger partial charge is 0.493 e. The Morgan fingerprint density at radius 3 is 2.06 bits per heavy atom. The Balaban J connectivity index is 1.30. The highest BCUT2D eigenvalue weighted by Crippen LogP contribution is 2.49. The van der Waals surface area contributed by atoms with Crippen LogP contribution in [0, 0.1) is 11.8 Å². The summed E-state index contributed by atoms with van der Waals surface area (Å²) in [5.74, 6) is 4.40. The first-order valence-corrected chi connectivity index (χ1v) is 18.5. The van der Waals surface area contributed by atoms with Crippen molar-refractivity contribution >= 4 is 45.7 Å². The molecule has 0 N–H and O–H groups in total. The van der Waals surface area contributed by atoms with Crippen molar-refractivity contribution in [3.05, 3.63) is 81.4 Å². The van der Waals surface area contributed by atoms with Gasteiger partial charge in [0.1, 0.15) is 4.32 Å². The number of ether oxygens (including phenoxy) is 4. The van der Waals surface area contributed by atoms with Crippen LogP contribution in [0.1, 0.15) is 70.9 Å². The molecule has 48 heavy (non-hydrogen) atoms. The van der Waals surface area contributed by atoms with Crippen LogP contribution in [0.15, 0.2) is 48.5 Å². The number of carbonyl (C=O) groups is 1. The number of thiocarbonyl (C=S) groups is 1. The van der Waals surface area contributed by atoms with Gasteiger partial charge in [0.15, 0.2) is 28.8 Å². The summed E-state index contributed by atoms with van der Waals surface area (Å²) in [5.41, 5.74) is 5.86. The Morgan fingerprint density at radius 1 is 0.854 bits per heavy atom. The quantitative estimate of drug-likeness (QED) is 0.153. The Morgan fingerprint density at radius 2 is 1.44 bits per heavy atom. The first-order valence-electron chi connectivity index (χ1n) is 16.7. The number of carbonyl (C=O) groups excluding carboxylic acids is 1. The molecule has 3 heterocycles. The van der Waals surface area contributed by atoms with E-state index in [2.05, 4.69) is 41.0 Å². The van der Waals surface area contributed by atoms with Gasteiger partial charge < -0.3 is 23.8 Å². The van der Waals surface area contributed by atoms with Gasteiger partial charge in [0.25, 0.3) is 0 Å². The van der Waals surface area contributed by atoms with Gasteiger partial charge in [0, 0.05) is 36.3 Å². The fourth-order valence-electron chi connectivity index (χ4n) is 7.97. The minimum atomic E-state index is 0.0424. The molecule has 4 atom stereocenters. The summed E-state index contributed by atoms with van der Waals surface area (Å²) < 4.78 is 23.7. The molecule has 0 spiro atoms. The van der Waals surface area contributed by atoms with E-state index in [1.165, 1.54) is 34.0 Å². The van der Waals surface area contributed by atoms with Gasteiger partial charge in [-0.3, -0.25) is 9.69 Å². The van der Waals surface area contributed by atoms with E-state index in [-0.39, 0.29) is 17.6 Å². The number of benzene rings is 3. The minimum absolute atomic E-state index is 0.0424. The van der Waals surface area contributed by atoms with Crippen LogP contribution in [0.3, 0.4) is 0 Å². The average Bonchev–Trinajstić information content (AvgIpc) is 3.12. The van der Waals surface area contributed by atoms with Crippen molar-refractivity contribution in [2.75, 3.05) is 53.8 Å². The highest BCUT2D eigenvalue weighted by molar-refractivity contribution is 8.23. The lowest BCUT2D eigenvalue weighted by Crippen LogP contribution is -2.47. The van der Waals surface area contributed by atoms with Crippen molar-refractivity contribution in [2.24, 2.45) is 11.8 Å². The number of thioether (sulfide) groups is 1. The van der Waals surface area contributed by atoms with Crippen molar-refractivity contribution in [1.29, 1.82) is 0 Å². The molecule has 0 radical (unpaired) electrons. The van der Waals surface area contributed by atoms with E-state index in [9.17, 15) is 4.79 Å². The van der Waals surface area contributed by atoms with E-state index >= 15 is 0 Å². The zero-order valence-electron chi connectivity index (χ0n) is 28.4. The summed E-state index contributed by atoms with van der Waals surface area (Å²) in [6, 6.07) is 16.1. The highest BCUT2D eigenvalue weighted by atomic mass is 35.5. The molecule has 3 aliphatic rings. The normalized spacial score (nSPS) is 21.8. The highest BCUT2D eigenvalue weighted by Gasteiger charge is 2.42. The number of methoxy groups -OCH3 is 4. The van der Waals surface area contributed by atoms with Crippen LogP contribution in [0.2, 0.25) is 5.02 Å². The first-order chi connectivity index (χ1) is 23.3. The van der Waals surface area contributed by atoms with Crippen LogP contribution < -0.4 is 18.9 Å². The summed E-state index contributed by atoms with van der Waals surface area (Å²) in [5, 5.41) is 0.614. The number of Topliss-reactive ketones (excluding diaryl/α,β-unsaturated/α-hetero) is 1. The van der Waals surface area contributed by atoms with Gasteiger partial charge in [-0.25, -0.2) is 0 Å². The summed E-state index contributed by atoms with van der Waals surface area (Å²) in [7, 11) is 6.79. The number of fused-ring (bicyclic) bond motifs is 4. The third-order valence-corrected chi connectivity index (χ3v) is 12.3. The fourth-order valence-corrected chi connectivity index (χ4v) is 9.30. The number of hydrogen-bond donors (Lipinski definition) is 0. The number of piperidine rings is 1. The van der Waals surface area contributed by atoms with E-state index in [1.807, 2.05) is 0 Å². The Hall–Kier alpha value is -2.98. The molecule has 0 saturated carbocycles. The van der Waals surface area contributed by atoms with E-state index in [0.29, 0.717) is 28.5 Å². The second kappa shape index (κ2) is 15.3. The predicted octanol–water partition coefficient (Wildman–Crippen LogP) is 8.21. The Bertz CT molecular complexity index is 1650. The topological polar surface area (TPSA) is 60.5 Å². The molecule has 1 saturated heterocycles. The van der Waals surface area contributed by atoms with Gasteiger partial charge in [-0.2, -0.15) is 0 Å². The summed E-state index contributed by atoms with van der Waals surface area (Å²) in [6.07, 6.45) is 4.99. The number of halogens is 1. The Labute approximate surface area is 299 Å². The van der Waals surface area contributed by atoms with Gasteiger partial charge in [-0.1, -0.05) is 48.9 Å². The molecule has 0 aliphatic carbocycles. The zero-order valence-corrected chi connectivity index (χ0v) is 30.8. The predicted molar refractivity (Wildman–Crippen MR) is 198 cm³/mol. The summed E-state index contributed by atoms with van der Waals surface area (Å²) in [6.45, 7) is 5.23. The third-order valence-electron chi connectivity index (χ3n) is 10.6. The number of ketones is 1. The first kappa shape index (κ1) is 34.9. The molecule has 3 aromatic carbocycles. The third kappa shape index (κ3) is 7.02. The molecule has 0 amide bonds.